The maximum absolute atomic E-state index is 9.85. The number of aliphatic hydroxyl groups is 2. The molecule has 3 N–H and O–H groups in total. The van der Waals surface area contributed by atoms with Crippen molar-refractivity contribution in [2.45, 2.75) is 12.2 Å². The lowest BCUT2D eigenvalue weighted by Crippen LogP contribution is -2.19. The minimum Gasteiger partial charge on any atom is -0.508 e. The smallest absolute Gasteiger partial charge is 0.116 e. The third-order valence-electron chi connectivity index (χ3n) is 2.74. The summed E-state index contributed by atoms with van der Waals surface area (Å²) in [5.74, 6) is 0.413. The van der Waals surface area contributed by atoms with Gasteiger partial charge in [-0.1, -0.05) is 18.2 Å². The van der Waals surface area contributed by atoms with Gasteiger partial charge in [-0.25, -0.2) is 0 Å². The minimum absolute atomic E-state index is 0.203. The first-order chi connectivity index (χ1) is 8.11. The molecule has 0 amide bonds. The molecule has 2 unspecified atom stereocenters. The number of aromatic hydroxyl groups is 1. The molecule has 90 valence electrons. The number of hydrogen-bond donors (Lipinski definition) is 4. The molecule has 2 aromatic carbocycles. The molecule has 0 aliphatic heterocycles. The summed E-state index contributed by atoms with van der Waals surface area (Å²) in [6, 6.07) is 10.4. The fraction of sp³-hybridized carbons (Fsp3) is 0.231. The zero-order chi connectivity index (χ0) is 12.4. The van der Waals surface area contributed by atoms with Gasteiger partial charge in [0.25, 0.3) is 0 Å². The molecule has 0 aliphatic rings. The molecule has 0 bridgehead atoms. The van der Waals surface area contributed by atoms with Crippen molar-refractivity contribution in [2.75, 3.05) is 5.75 Å². The number of thiol groups is 1. The van der Waals surface area contributed by atoms with Crippen molar-refractivity contribution in [3.63, 3.8) is 0 Å². The number of fused-ring (bicyclic) bond motifs is 1. The van der Waals surface area contributed by atoms with E-state index < -0.39 is 12.2 Å². The Bertz CT molecular complexity index is 527. The van der Waals surface area contributed by atoms with Gasteiger partial charge in [-0.2, -0.15) is 12.6 Å². The van der Waals surface area contributed by atoms with Crippen LogP contribution in [0.1, 0.15) is 11.7 Å². The van der Waals surface area contributed by atoms with Gasteiger partial charge in [0.2, 0.25) is 0 Å². The molecule has 0 saturated carbocycles. The first-order valence-electron chi connectivity index (χ1n) is 5.31. The Kier molecular flexibility index (Phi) is 3.57. The Morgan fingerprint density at radius 1 is 1.00 bits per heavy atom. The molecule has 4 heteroatoms. The summed E-state index contributed by atoms with van der Waals surface area (Å²) in [4.78, 5) is 0. The van der Waals surface area contributed by atoms with Crippen LogP contribution in [0.2, 0.25) is 0 Å². The van der Waals surface area contributed by atoms with Crippen molar-refractivity contribution in [1.82, 2.24) is 0 Å². The van der Waals surface area contributed by atoms with Crippen LogP contribution < -0.4 is 0 Å². The van der Waals surface area contributed by atoms with Crippen LogP contribution in [0.4, 0.5) is 0 Å². The second kappa shape index (κ2) is 4.96. The van der Waals surface area contributed by atoms with Gasteiger partial charge in [0.05, 0.1) is 6.10 Å². The van der Waals surface area contributed by atoms with Gasteiger partial charge in [0.15, 0.2) is 0 Å². The summed E-state index contributed by atoms with van der Waals surface area (Å²) in [5.41, 5.74) is 0.643. The van der Waals surface area contributed by atoms with Gasteiger partial charge in [0, 0.05) is 5.75 Å². The van der Waals surface area contributed by atoms with Crippen LogP contribution in [0.15, 0.2) is 36.4 Å². The third kappa shape index (κ3) is 2.54. The van der Waals surface area contributed by atoms with Crippen LogP contribution in [-0.2, 0) is 0 Å². The summed E-state index contributed by atoms with van der Waals surface area (Å²) in [6.45, 7) is 0. The summed E-state index contributed by atoms with van der Waals surface area (Å²) >= 11 is 3.95. The lowest BCUT2D eigenvalue weighted by Gasteiger charge is -2.16. The first-order valence-corrected chi connectivity index (χ1v) is 5.95. The predicted octanol–water partition coefficient (Wildman–Crippen LogP) is 1.87. The minimum atomic E-state index is -0.939. The zero-order valence-electron chi connectivity index (χ0n) is 9.11. The largest absolute Gasteiger partial charge is 0.508 e. The molecule has 0 fully saturated rings. The van der Waals surface area contributed by atoms with Gasteiger partial charge in [-0.15, -0.1) is 0 Å². The molecule has 2 aromatic rings. The van der Waals surface area contributed by atoms with Crippen molar-refractivity contribution in [3.05, 3.63) is 42.0 Å². The topological polar surface area (TPSA) is 60.7 Å². The van der Waals surface area contributed by atoms with E-state index in [1.807, 2.05) is 0 Å². The van der Waals surface area contributed by atoms with Crippen molar-refractivity contribution < 1.29 is 15.3 Å². The summed E-state index contributed by atoms with van der Waals surface area (Å²) < 4.78 is 0. The number of phenols is 1. The standard InChI is InChI=1S/C13H14O3S/c14-11-4-3-8-5-10(2-1-9(8)6-11)13(16)12(15)7-17/h1-6,12-17H,7H2. The fourth-order valence-corrected chi connectivity index (χ4v) is 1.96. The number of hydrogen-bond acceptors (Lipinski definition) is 4. The quantitative estimate of drug-likeness (QED) is 0.629. The van der Waals surface area contributed by atoms with E-state index >= 15 is 0 Å². The third-order valence-corrected chi connectivity index (χ3v) is 3.12. The molecule has 17 heavy (non-hydrogen) atoms. The average Bonchev–Trinajstić information content (AvgIpc) is 2.36. The number of benzene rings is 2. The molecule has 3 nitrogen and oxygen atoms in total. The molecular weight excluding hydrogens is 236 g/mol. The van der Waals surface area contributed by atoms with Gasteiger partial charge >= 0.3 is 0 Å². The fourth-order valence-electron chi connectivity index (χ4n) is 1.76. The van der Waals surface area contributed by atoms with E-state index in [0.717, 1.165) is 10.8 Å². The van der Waals surface area contributed by atoms with Crippen LogP contribution in [-0.4, -0.2) is 27.2 Å². The Morgan fingerprint density at radius 3 is 2.35 bits per heavy atom. The van der Waals surface area contributed by atoms with E-state index in [2.05, 4.69) is 12.6 Å². The highest BCUT2D eigenvalue weighted by Gasteiger charge is 2.16. The van der Waals surface area contributed by atoms with Crippen LogP contribution in [0.5, 0.6) is 5.75 Å². The zero-order valence-corrected chi connectivity index (χ0v) is 10.0. The van der Waals surface area contributed by atoms with E-state index in [1.165, 1.54) is 0 Å². The highest BCUT2D eigenvalue weighted by Crippen LogP contribution is 2.25. The van der Waals surface area contributed by atoms with E-state index in [0.29, 0.717) is 5.56 Å². The van der Waals surface area contributed by atoms with Gasteiger partial charge in [0.1, 0.15) is 11.9 Å². The summed E-state index contributed by atoms with van der Waals surface area (Å²) in [7, 11) is 0. The maximum Gasteiger partial charge on any atom is 0.116 e. The van der Waals surface area contributed by atoms with E-state index in [9.17, 15) is 15.3 Å². The monoisotopic (exact) mass is 250 g/mol. The number of aliphatic hydroxyl groups excluding tert-OH is 2. The van der Waals surface area contributed by atoms with E-state index in [1.54, 1.807) is 36.4 Å². The van der Waals surface area contributed by atoms with Crippen LogP contribution in [0, 0.1) is 0 Å². The molecule has 0 aliphatic carbocycles. The summed E-state index contributed by atoms with van der Waals surface area (Å²) in [6.07, 6.45) is -1.82. The molecular formula is C13H14O3S. The van der Waals surface area contributed by atoms with E-state index in [4.69, 9.17) is 0 Å². The Morgan fingerprint density at radius 2 is 1.65 bits per heavy atom. The number of phenolic OH excluding ortho intramolecular Hbond substituents is 1. The normalized spacial score (nSPS) is 14.8. The summed E-state index contributed by atoms with van der Waals surface area (Å²) in [5, 5.41) is 30.5. The second-order valence-electron chi connectivity index (χ2n) is 3.99. The van der Waals surface area contributed by atoms with Crippen LogP contribution in [0.3, 0.4) is 0 Å². The van der Waals surface area contributed by atoms with Gasteiger partial charge in [-0.05, 0) is 34.5 Å². The molecule has 0 aromatic heterocycles. The maximum atomic E-state index is 9.85. The van der Waals surface area contributed by atoms with Gasteiger partial charge in [-0.3, -0.25) is 0 Å². The lowest BCUT2D eigenvalue weighted by atomic mass is 10.0. The molecule has 0 radical (unpaired) electrons. The average molecular weight is 250 g/mol. The lowest BCUT2D eigenvalue weighted by molar-refractivity contribution is 0.0338. The molecule has 0 spiro atoms. The van der Waals surface area contributed by atoms with E-state index in [-0.39, 0.29) is 11.5 Å². The Labute approximate surface area is 105 Å². The molecule has 2 atom stereocenters. The second-order valence-corrected chi connectivity index (χ2v) is 4.35. The predicted molar refractivity (Wildman–Crippen MR) is 70.4 cm³/mol. The molecule has 2 rings (SSSR count). The number of rotatable bonds is 3. The van der Waals surface area contributed by atoms with Crippen LogP contribution in [0.25, 0.3) is 10.8 Å². The molecule has 0 saturated heterocycles. The van der Waals surface area contributed by atoms with Gasteiger partial charge < -0.3 is 15.3 Å². The van der Waals surface area contributed by atoms with Crippen molar-refractivity contribution in [1.29, 1.82) is 0 Å². The van der Waals surface area contributed by atoms with Crippen molar-refractivity contribution in [2.24, 2.45) is 0 Å². The Hall–Kier alpha value is -1.23. The first kappa shape index (κ1) is 12.2. The Balaban J connectivity index is 2.41. The van der Waals surface area contributed by atoms with Crippen LogP contribution >= 0.6 is 12.6 Å². The SMILES string of the molecule is Oc1ccc2cc(C(O)C(O)CS)ccc2c1. The van der Waals surface area contributed by atoms with Crippen molar-refractivity contribution in [3.8, 4) is 5.75 Å². The van der Waals surface area contributed by atoms with Crippen molar-refractivity contribution >= 4 is 23.4 Å². The molecule has 0 heterocycles. The highest BCUT2D eigenvalue weighted by atomic mass is 32.1. The highest BCUT2D eigenvalue weighted by molar-refractivity contribution is 7.80.